The number of rotatable bonds is 4. The van der Waals surface area contributed by atoms with Crippen molar-refractivity contribution in [2.24, 2.45) is 0 Å². The minimum absolute atomic E-state index is 0.541. The van der Waals surface area contributed by atoms with Crippen LogP contribution in [0.1, 0.15) is 66.7 Å². The number of hydrogen-bond donors (Lipinski definition) is 0. The second-order valence-corrected chi connectivity index (χ2v) is 7.93. The van der Waals surface area contributed by atoms with E-state index in [2.05, 4.69) is 9.57 Å². The maximum atomic E-state index is 12.3. The van der Waals surface area contributed by atoms with Gasteiger partial charge in [0.1, 0.15) is 0 Å². The van der Waals surface area contributed by atoms with Gasteiger partial charge in [-0.1, -0.05) is 34.1 Å². The van der Waals surface area contributed by atoms with Crippen LogP contribution in [-0.4, -0.2) is 55.1 Å². The summed E-state index contributed by atoms with van der Waals surface area (Å²) in [5.41, 5.74) is 0. The molecule has 2 saturated heterocycles. The van der Waals surface area contributed by atoms with Crippen molar-refractivity contribution in [2.45, 2.75) is 72.8 Å². The first-order valence-corrected chi connectivity index (χ1v) is 11.4. The Labute approximate surface area is 139 Å². The largest absolute Gasteiger partial charge is 0.318 e. The minimum atomic E-state index is -2.52. The lowest BCUT2D eigenvalue weighted by Crippen LogP contribution is -2.45. The van der Waals surface area contributed by atoms with E-state index >= 15 is 0 Å². The smallest absolute Gasteiger partial charge is 0.269 e. The van der Waals surface area contributed by atoms with Crippen LogP contribution >= 0.6 is 7.52 Å². The van der Waals surface area contributed by atoms with Crippen LogP contribution in [0.15, 0.2) is 0 Å². The quantitative estimate of drug-likeness (QED) is 0.688. The highest BCUT2D eigenvalue weighted by molar-refractivity contribution is 7.55. The fourth-order valence-electron chi connectivity index (χ4n) is 3.19. The van der Waals surface area contributed by atoms with E-state index in [9.17, 15) is 4.57 Å². The van der Waals surface area contributed by atoms with Gasteiger partial charge in [0, 0.05) is 25.8 Å². The number of nitrogens with zero attached hydrogens (tertiary/aromatic N) is 2. The summed E-state index contributed by atoms with van der Waals surface area (Å²) in [5.74, 6) is 0. The lowest BCUT2D eigenvalue weighted by molar-refractivity contribution is 0.112. The summed E-state index contributed by atoms with van der Waals surface area (Å²) in [6.45, 7) is 16.6. The van der Waals surface area contributed by atoms with Crippen molar-refractivity contribution < 1.29 is 9.09 Å². The lowest BCUT2D eigenvalue weighted by Gasteiger charge is -2.41. The molecule has 0 aromatic heterocycles. The topological polar surface area (TPSA) is 32.8 Å². The van der Waals surface area contributed by atoms with Gasteiger partial charge in [-0.3, -0.25) is 4.57 Å². The van der Waals surface area contributed by atoms with Crippen LogP contribution in [0.2, 0.25) is 0 Å². The number of likely N-dealkylation sites (tertiary alicyclic amines) is 1. The van der Waals surface area contributed by atoms with Crippen LogP contribution in [0, 0.1) is 0 Å². The summed E-state index contributed by atoms with van der Waals surface area (Å²) in [5, 5.41) is 0. The minimum Gasteiger partial charge on any atom is -0.318 e. The average Bonchev–Trinajstić information content (AvgIpc) is 2.59. The van der Waals surface area contributed by atoms with Crippen LogP contribution in [-0.2, 0) is 9.09 Å². The van der Waals surface area contributed by atoms with Gasteiger partial charge in [0.05, 0.1) is 6.61 Å². The van der Waals surface area contributed by atoms with Gasteiger partial charge in [-0.2, -0.15) is 0 Å². The Hall–Kier alpha value is 0.110. The van der Waals surface area contributed by atoms with E-state index in [-0.39, 0.29) is 0 Å². The van der Waals surface area contributed by atoms with E-state index in [0.717, 1.165) is 25.9 Å². The summed E-state index contributed by atoms with van der Waals surface area (Å²) in [4.78, 5) is 2.64. The van der Waals surface area contributed by atoms with Crippen molar-refractivity contribution in [3.63, 3.8) is 0 Å². The highest BCUT2D eigenvalue weighted by Crippen LogP contribution is 2.48. The SMILES string of the molecule is CC.CC.CCOP(C)(=O)N1CCC(N2CCCCC2)CC1. The summed E-state index contributed by atoms with van der Waals surface area (Å²) < 4.78 is 19.8. The Balaban J connectivity index is 0.00000102. The normalized spacial score (nSPS) is 23.5. The third kappa shape index (κ3) is 7.12. The molecule has 2 aliphatic heterocycles. The van der Waals surface area contributed by atoms with E-state index in [1.165, 1.54) is 32.4 Å². The zero-order valence-corrected chi connectivity index (χ0v) is 16.7. The molecular formula is C17H39N2O2P. The Kier molecular flexibility index (Phi) is 12.6. The summed E-state index contributed by atoms with van der Waals surface area (Å²) in [7, 11) is -2.52. The number of piperidine rings is 2. The molecule has 0 saturated carbocycles. The molecule has 1 atom stereocenters. The van der Waals surface area contributed by atoms with E-state index in [0.29, 0.717) is 12.6 Å². The first-order valence-electron chi connectivity index (χ1n) is 9.35. The van der Waals surface area contributed by atoms with Crippen LogP contribution in [0.4, 0.5) is 0 Å². The molecule has 0 aromatic rings. The zero-order valence-electron chi connectivity index (χ0n) is 15.8. The Morgan fingerprint density at radius 1 is 0.955 bits per heavy atom. The standard InChI is InChI=1S/C13H27N2O2P.2C2H6/c1-3-17-18(2,16)15-11-7-13(8-12-15)14-9-5-4-6-10-14;2*1-2/h13H,3-12H2,1-2H3;2*1-2H3. The summed E-state index contributed by atoms with van der Waals surface area (Å²) in [6.07, 6.45) is 6.39. The molecule has 2 aliphatic rings. The van der Waals surface area contributed by atoms with Gasteiger partial charge in [-0.25, -0.2) is 4.67 Å². The Bertz CT molecular complexity index is 299. The van der Waals surface area contributed by atoms with Crippen molar-refractivity contribution in [3.05, 3.63) is 0 Å². The summed E-state index contributed by atoms with van der Waals surface area (Å²) >= 11 is 0. The van der Waals surface area contributed by atoms with E-state index < -0.39 is 7.52 Å². The molecule has 0 radical (unpaired) electrons. The third-order valence-corrected chi connectivity index (χ3v) is 6.40. The summed E-state index contributed by atoms with van der Waals surface area (Å²) in [6, 6.07) is 0.711. The molecule has 0 aromatic carbocycles. The second-order valence-electron chi connectivity index (χ2n) is 5.50. The van der Waals surface area contributed by atoms with Gasteiger partial charge >= 0.3 is 0 Å². The van der Waals surface area contributed by atoms with Crippen LogP contribution in [0.3, 0.4) is 0 Å². The van der Waals surface area contributed by atoms with Gasteiger partial charge in [0.15, 0.2) is 0 Å². The third-order valence-electron chi connectivity index (χ3n) is 4.23. The Morgan fingerprint density at radius 2 is 1.45 bits per heavy atom. The molecule has 0 amide bonds. The molecule has 4 nitrogen and oxygen atoms in total. The molecule has 0 spiro atoms. The first-order chi connectivity index (χ1) is 10.6. The molecule has 5 heteroatoms. The molecule has 22 heavy (non-hydrogen) atoms. The fraction of sp³-hybridized carbons (Fsp3) is 1.00. The second kappa shape index (κ2) is 12.5. The maximum absolute atomic E-state index is 12.3. The Morgan fingerprint density at radius 3 is 1.91 bits per heavy atom. The molecular weight excluding hydrogens is 295 g/mol. The fourth-order valence-corrected chi connectivity index (χ4v) is 4.79. The maximum Gasteiger partial charge on any atom is 0.269 e. The predicted octanol–water partition coefficient (Wildman–Crippen LogP) is 4.85. The van der Waals surface area contributed by atoms with Gasteiger partial charge < -0.3 is 9.42 Å². The molecule has 0 N–H and O–H groups in total. The molecule has 2 fully saturated rings. The van der Waals surface area contributed by atoms with Crippen LogP contribution < -0.4 is 0 Å². The van der Waals surface area contributed by atoms with E-state index in [1.54, 1.807) is 6.66 Å². The molecule has 2 heterocycles. The number of hydrogen-bond acceptors (Lipinski definition) is 3. The predicted molar refractivity (Wildman–Crippen MR) is 97.9 cm³/mol. The van der Waals surface area contributed by atoms with Gasteiger partial charge in [-0.15, -0.1) is 0 Å². The van der Waals surface area contributed by atoms with E-state index in [4.69, 9.17) is 4.52 Å². The first kappa shape index (κ1) is 22.1. The zero-order chi connectivity index (χ0) is 17.0. The van der Waals surface area contributed by atoms with Crippen LogP contribution in [0.5, 0.6) is 0 Å². The van der Waals surface area contributed by atoms with Crippen molar-refractivity contribution in [2.75, 3.05) is 39.5 Å². The molecule has 2 rings (SSSR count). The van der Waals surface area contributed by atoms with Crippen molar-refractivity contribution >= 4 is 7.52 Å². The highest BCUT2D eigenvalue weighted by Gasteiger charge is 2.32. The van der Waals surface area contributed by atoms with Crippen LogP contribution in [0.25, 0.3) is 0 Å². The van der Waals surface area contributed by atoms with Gasteiger partial charge in [0.25, 0.3) is 7.52 Å². The molecule has 1 unspecified atom stereocenters. The monoisotopic (exact) mass is 334 g/mol. The van der Waals surface area contributed by atoms with Crippen molar-refractivity contribution in [1.29, 1.82) is 0 Å². The van der Waals surface area contributed by atoms with Gasteiger partial charge in [-0.05, 0) is 45.7 Å². The molecule has 0 aliphatic carbocycles. The van der Waals surface area contributed by atoms with Crippen molar-refractivity contribution in [3.8, 4) is 0 Å². The van der Waals surface area contributed by atoms with Gasteiger partial charge in [0.2, 0.25) is 0 Å². The van der Waals surface area contributed by atoms with Crippen molar-refractivity contribution in [1.82, 2.24) is 9.57 Å². The lowest BCUT2D eigenvalue weighted by atomic mass is 10.0. The molecule has 0 bridgehead atoms. The average molecular weight is 334 g/mol. The van der Waals surface area contributed by atoms with E-state index in [1.807, 2.05) is 34.6 Å². The molecule has 134 valence electrons. The highest BCUT2D eigenvalue weighted by atomic mass is 31.2.